The van der Waals surface area contributed by atoms with Gasteiger partial charge in [-0.1, -0.05) is 18.6 Å². The van der Waals surface area contributed by atoms with Crippen LogP contribution in [0.2, 0.25) is 0 Å². The standard InChI is InChI=1S/C18H24F2N2O2/c19-18(20)24-15-6-1-3-11(7-15)10-22-17(23)14-8-12-4-2-5-13(9-14)16(12)21/h1,3,6-7,12-14,16,18H,2,4-5,8-10,21H2,(H,22,23). The van der Waals surface area contributed by atoms with Crippen LogP contribution in [-0.2, 0) is 11.3 Å². The molecule has 2 fully saturated rings. The van der Waals surface area contributed by atoms with Crippen molar-refractivity contribution in [1.82, 2.24) is 5.32 Å². The fraction of sp³-hybridized carbons (Fsp3) is 0.611. The minimum atomic E-state index is -2.85. The number of nitrogens with one attached hydrogen (secondary N) is 1. The third-order valence-corrected chi connectivity index (χ3v) is 5.37. The first-order chi connectivity index (χ1) is 11.5. The predicted molar refractivity (Wildman–Crippen MR) is 86.5 cm³/mol. The number of rotatable bonds is 5. The predicted octanol–water partition coefficient (Wildman–Crippen LogP) is 3.06. The lowest BCUT2D eigenvalue weighted by molar-refractivity contribution is -0.128. The highest BCUT2D eigenvalue weighted by Gasteiger charge is 2.40. The Labute approximate surface area is 140 Å². The van der Waals surface area contributed by atoms with E-state index in [1.54, 1.807) is 12.1 Å². The molecule has 0 heterocycles. The molecule has 0 aliphatic heterocycles. The number of carbonyl (C=O) groups excluding carboxylic acids is 1. The Morgan fingerprint density at radius 3 is 2.67 bits per heavy atom. The van der Waals surface area contributed by atoms with Crippen LogP contribution in [0.5, 0.6) is 5.75 Å². The second-order valence-electron chi connectivity index (χ2n) is 6.94. The summed E-state index contributed by atoms with van der Waals surface area (Å²) in [4.78, 5) is 12.5. The molecule has 0 aromatic heterocycles. The Balaban J connectivity index is 1.54. The zero-order valence-corrected chi connectivity index (χ0v) is 13.6. The van der Waals surface area contributed by atoms with Crippen molar-refractivity contribution in [2.75, 3.05) is 0 Å². The molecule has 2 saturated carbocycles. The summed E-state index contributed by atoms with van der Waals surface area (Å²) in [5.74, 6) is 1.07. The molecule has 3 rings (SSSR count). The highest BCUT2D eigenvalue weighted by Crippen LogP contribution is 2.41. The molecule has 2 atom stereocenters. The summed E-state index contributed by atoms with van der Waals surface area (Å²) in [6.45, 7) is -2.53. The van der Waals surface area contributed by atoms with Crippen molar-refractivity contribution in [1.29, 1.82) is 0 Å². The maximum atomic E-state index is 12.5. The highest BCUT2D eigenvalue weighted by molar-refractivity contribution is 5.78. The number of ether oxygens (including phenoxy) is 1. The molecule has 3 N–H and O–H groups in total. The van der Waals surface area contributed by atoms with Crippen molar-refractivity contribution in [3.8, 4) is 5.75 Å². The lowest BCUT2D eigenvalue weighted by Crippen LogP contribution is -2.49. The zero-order chi connectivity index (χ0) is 17.1. The van der Waals surface area contributed by atoms with Gasteiger partial charge in [-0.15, -0.1) is 0 Å². The molecule has 0 spiro atoms. The average Bonchev–Trinajstić information content (AvgIpc) is 2.52. The van der Waals surface area contributed by atoms with E-state index in [4.69, 9.17) is 5.73 Å². The molecule has 1 aromatic carbocycles. The third kappa shape index (κ3) is 4.04. The summed E-state index contributed by atoms with van der Waals surface area (Å²) in [5.41, 5.74) is 7.01. The van der Waals surface area contributed by atoms with Crippen LogP contribution in [-0.4, -0.2) is 18.6 Å². The summed E-state index contributed by atoms with van der Waals surface area (Å²) in [7, 11) is 0. The summed E-state index contributed by atoms with van der Waals surface area (Å²) in [6, 6.07) is 6.66. The average molecular weight is 338 g/mol. The lowest BCUT2D eigenvalue weighted by Gasteiger charge is -2.43. The fourth-order valence-corrected chi connectivity index (χ4v) is 4.17. The van der Waals surface area contributed by atoms with Gasteiger partial charge in [0.15, 0.2) is 0 Å². The fourth-order valence-electron chi connectivity index (χ4n) is 4.17. The molecule has 132 valence electrons. The first-order valence-corrected chi connectivity index (χ1v) is 8.60. The van der Waals surface area contributed by atoms with Gasteiger partial charge in [-0.25, -0.2) is 0 Å². The molecule has 6 heteroatoms. The van der Waals surface area contributed by atoms with Crippen LogP contribution in [0.4, 0.5) is 8.78 Å². The van der Waals surface area contributed by atoms with Gasteiger partial charge in [-0.2, -0.15) is 8.78 Å². The number of alkyl halides is 2. The van der Waals surface area contributed by atoms with E-state index in [1.807, 2.05) is 0 Å². The molecule has 24 heavy (non-hydrogen) atoms. The van der Waals surface area contributed by atoms with Crippen molar-refractivity contribution in [2.45, 2.75) is 51.3 Å². The number of nitrogens with two attached hydrogens (primary N) is 1. The maximum absolute atomic E-state index is 12.5. The number of carbonyl (C=O) groups is 1. The van der Waals surface area contributed by atoms with Crippen LogP contribution in [0, 0.1) is 17.8 Å². The van der Waals surface area contributed by atoms with Crippen molar-refractivity contribution >= 4 is 5.91 Å². The van der Waals surface area contributed by atoms with E-state index in [0.717, 1.165) is 31.2 Å². The summed E-state index contributed by atoms with van der Waals surface area (Å²) in [5, 5.41) is 2.93. The molecule has 1 amide bonds. The Bertz CT molecular complexity index is 568. The van der Waals surface area contributed by atoms with Gasteiger partial charge in [-0.05, 0) is 55.2 Å². The number of hydrogen-bond acceptors (Lipinski definition) is 3. The van der Waals surface area contributed by atoms with Crippen molar-refractivity contribution < 1.29 is 18.3 Å². The zero-order valence-electron chi connectivity index (χ0n) is 13.6. The molecule has 2 aliphatic rings. The molecule has 2 bridgehead atoms. The number of benzene rings is 1. The van der Waals surface area contributed by atoms with Crippen LogP contribution in [0.1, 0.15) is 37.7 Å². The monoisotopic (exact) mass is 338 g/mol. The van der Waals surface area contributed by atoms with E-state index in [0.29, 0.717) is 18.4 Å². The number of hydrogen-bond donors (Lipinski definition) is 2. The first-order valence-electron chi connectivity index (χ1n) is 8.60. The van der Waals surface area contributed by atoms with Gasteiger partial charge in [0.1, 0.15) is 5.75 Å². The summed E-state index contributed by atoms with van der Waals surface area (Å²) < 4.78 is 28.9. The second-order valence-corrected chi connectivity index (χ2v) is 6.94. The molecule has 2 unspecified atom stereocenters. The van der Waals surface area contributed by atoms with Crippen molar-refractivity contribution in [3.63, 3.8) is 0 Å². The minimum absolute atomic E-state index is 0.0144. The Morgan fingerprint density at radius 2 is 2.00 bits per heavy atom. The number of halogens is 2. The first kappa shape index (κ1) is 17.1. The van der Waals surface area contributed by atoms with Gasteiger partial charge in [0.05, 0.1) is 0 Å². The van der Waals surface area contributed by atoms with Gasteiger partial charge < -0.3 is 15.8 Å². The molecular formula is C18H24F2N2O2. The molecule has 1 aromatic rings. The highest BCUT2D eigenvalue weighted by atomic mass is 19.3. The number of amides is 1. The van der Waals surface area contributed by atoms with Gasteiger partial charge in [0.2, 0.25) is 5.91 Å². The quantitative estimate of drug-likeness (QED) is 0.867. The van der Waals surface area contributed by atoms with E-state index in [2.05, 4.69) is 10.1 Å². The van der Waals surface area contributed by atoms with E-state index in [-0.39, 0.29) is 23.6 Å². The van der Waals surface area contributed by atoms with Gasteiger partial charge in [0, 0.05) is 18.5 Å². The van der Waals surface area contributed by atoms with E-state index < -0.39 is 6.61 Å². The van der Waals surface area contributed by atoms with Gasteiger partial charge in [-0.3, -0.25) is 4.79 Å². The Kier molecular flexibility index (Phi) is 5.33. The number of fused-ring (bicyclic) bond motifs is 2. The molecular weight excluding hydrogens is 314 g/mol. The van der Waals surface area contributed by atoms with Gasteiger partial charge in [0.25, 0.3) is 0 Å². The topological polar surface area (TPSA) is 64.4 Å². The maximum Gasteiger partial charge on any atom is 0.387 e. The van der Waals surface area contributed by atoms with E-state index in [9.17, 15) is 13.6 Å². The van der Waals surface area contributed by atoms with E-state index in [1.165, 1.54) is 18.6 Å². The molecule has 4 nitrogen and oxygen atoms in total. The molecule has 0 saturated heterocycles. The van der Waals surface area contributed by atoms with Crippen LogP contribution in [0.15, 0.2) is 24.3 Å². The Morgan fingerprint density at radius 1 is 1.29 bits per heavy atom. The Hall–Kier alpha value is -1.69. The summed E-state index contributed by atoms with van der Waals surface area (Å²) >= 11 is 0. The molecule has 2 aliphatic carbocycles. The second kappa shape index (κ2) is 7.47. The van der Waals surface area contributed by atoms with E-state index >= 15 is 0 Å². The normalized spacial score (nSPS) is 29.3. The lowest BCUT2D eigenvalue weighted by atomic mass is 9.65. The van der Waals surface area contributed by atoms with Gasteiger partial charge >= 0.3 is 6.61 Å². The summed E-state index contributed by atoms with van der Waals surface area (Å²) in [6.07, 6.45) is 5.17. The smallest absolute Gasteiger partial charge is 0.387 e. The van der Waals surface area contributed by atoms with Crippen molar-refractivity contribution in [2.24, 2.45) is 23.5 Å². The third-order valence-electron chi connectivity index (χ3n) is 5.37. The minimum Gasteiger partial charge on any atom is -0.435 e. The van der Waals surface area contributed by atoms with Crippen LogP contribution in [0.3, 0.4) is 0 Å². The molecule has 0 radical (unpaired) electrons. The van der Waals surface area contributed by atoms with Crippen LogP contribution >= 0.6 is 0 Å². The van der Waals surface area contributed by atoms with Crippen LogP contribution in [0.25, 0.3) is 0 Å². The largest absolute Gasteiger partial charge is 0.435 e. The SMILES string of the molecule is NC1C2CCCC1CC(C(=O)NCc1cccc(OC(F)F)c1)C2. The van der Waals surface area contributed by atoms with Crippen LogP contribution < -0.4 is 15.8 Å². The van der Waals surface area contributed by atoms with Crippen molar-refractivity contribution in [3.05, 3.63) is 29.8 Å².